The number of nitrogens with zero attached hydrogens (tertiary/aromatic N) is 1. The molecule has 2 fully saturated rings. The number of ether oxygens (including phenoxy) is 1. The predicted molar refractivity (Wildman–Crippen MR) is 97.8 cm³/mol. The number of hydrogen-bond acceptors (Lipinski definition) is 5. The van der Waals surface area contributed by atoms with E-state index in [1.807, 2.05) is 0 Å². The number of nitrogens with one attached hydrogen (secondary N) is 1. The highest BCUT2D eigenvalue weighted by atomic mass is 35.5. The number of imide groups is 1. The minimum atomic E-state index is -1.10. The summed E-state index contributed by atoms with van der Waals surface area (Å²) in [6, 6.07) is 2.53. The van der Waals surface area contributed by atoms with Crippen LogP contribution in [0.4, 0.5) is 10.1 Å². The summed E-state index contributed by atoms with van der Waals surface area (Å²) >= 11 is 5.64. The van der Waals surface area contributed by atoms with Crippen LogP contribution in [0.3, 0.4) is 0 Å². The maximum atomic E-state index is 13.1. The molecule has 150 valence electrons. The van der Waals surface area contributed by atoms with Gasteiger partial charge in [-0.05, 0) is 38.0 Å². The van der Waals surface area contributed by atoms with Crippen molar-refractivity contribution in [2.24, 2.45) is 11.8 Å². The average Bonchev–Trinajstić information content (AvgIpc) is 2.93. The van der Waals surface area contributed by atoms with Gasteiger partial charge in [0.15, 0.2) is 6.61 Å². The molecule has 3 amide bonds. The number of esters is 1. The molecular weight excluding hydrogens is 391 g/mol. The minimum absolute atomic E-state index is 0.157. The van der Waals surface area contributed by atoms with E-state index in [9.17, 15) is 23.6 Å². The first-order valence-electron chi connectivity index (χ1n) is 9.08. The molecule has 1 aliphatic heterocycles. The van der Waals surface area contributed by atoms with Crippen molar-refractivity contribution >= 4 is 41.0 Å². The van der Waals surface area contributed by atoms with Gasteiger partial charge in [-0.25, -0.2) is 9.18 Å². The molecule has 2 aliphatic rings. The van der Waals surface area contributed by atoms with Crippen LogP contribution in [-0.2, 0) is 23.9 Å². The van der Waals surface area contributed by atoms with Crippen LogP contribution in [0.25, 0.3) is 0 Å². The SMILES string of the molecule is C[C@@H](C(=O)OCC(=O)Nc1ccc(F)c(Cl)c1)N1C(=O)[C@@H]2CCCC[C@H]2C1=O. The van der Waals surface area contributed by atoms with Gasteiger partial charge in [0, 0.05) is 5.69 Å². The molecule has 1 saturated heterocycles. The van der Waals surface area contributed by atoms with Gasteiger partial charge in [-0.2, -0.15) is 0 Å². The number of hydrogen-bond donors (Lipinski definition) is 1. The standard InChI is InChI=1S/C19H20ClFN2O5/c1-10(23-17(25)12-4-2-3-5-13(12)18(23)26)19(27)28-9-16(24)22-11-6-7-15(21)14(20)8-11/h6-8,10,12-13H,2-5,9H2,1H3,(H,22,24)/t10-,12+,13+/m0/s1. The fourth-order valence-corrected chi connectivity index (χ4v) is 3.88. The summed E-state index contributed by atoms with van der Waals surface area (Å²) in [5.74, 6) is -3.52. The lowest BCUT2D eigenvalue weighted by atomic mass is 9.81. The summed E-state index contributed by atoms with van der Waals surface area (Å²) in [4.78, 5) is 50.2. The van der Waals surface area contributed by atoms with Crippen molar-refractivity contribution in [1.29, 1.82) is 0 Å². The predicted octanol–water partition coefficient (Wildman–Crippen LogP) is 2.52. The van der Waals surface area contributed by atoms with Crippen LogP contribution in [-0.4, -0.2) is 41.2 Å². The Morgan fingerprint density at radius 3 is 2.43 bits per heavy atom. The molecule has 1 N–H and O–H groups in total. The summed E-state index contributed by atoms with van der Waals surface area (Å²) in [5.41, 5.74) is 0.245. The number of benzene rings is 1. The zero-order valence-corrected chi connectivity index (χ0v) is 16.0. The van der Waals surface area contributed by atoms with Crippen LogP contribution in [0, 0.1) is 17.7 Å². The maximum Gasteiger partial charge on any atom is 0.329 e. The lowest BCUT2D eigenvalue weighted by Crippen LogP contribution is -2.45. The number of fused-ring (bicyclic) bond motifs is 1. The number of amides is 3. The molecule has 0 radical (unpaired) electrons. The highest BCUT2D eigenvalue weighted by Gasteiger charge is 2.51. The summed E-state index contributed by atoms with van der Waals surface area (Å²) in [5, 5.41) is 2.26. The van der Waals surface area contributed by atoms with E-state index in [1.165, 1.54) is 19.1 Å². The van der Waals surface area contributed by atoms with E-state index in [4.69, 9.17) is 16.3 Å². The molecule has 9 heteroatoms. The molecule has 1 aliphatic carbocycles. The third kappa shape index (κ3) is 4.01. The third-order valence-electron chi connectivity index (χ3n) is 5.15. The average molecular weight is 411 g/mol. The normalized spacial score (nSPS) is 22.6. The number of halogens is 2. The monoisotopic (exact) mass is 410 g/mol. The van der Waals surface area contributed by atoms with Gasteiger partial charge in [0.05, 0.1) is 16.9 Å². The Morgan fingerprint density at radius 1 is 1.25 bits per heavy atom. The van der Waals surface area contributed by atoms with Crippen LogP contribution < -0.4 is 5.32 Å². The molecule has 3 rings (SSSR count). The van der Waals surface area contributed by atoms with E-state index in [1.54, 1.807) is 0 Å². The van der Waals surface area contributed by atoms with Crippen molar-refractivity contribution in [3.05, 3.63) is 29.0 Å². The number of likely N-dealkylation sites (tertiary alicyclic amines) is 1. The smallest absolute Gasteiger partial charge is 0.329 e. The van der Waals surface area contributed by atoms with Crippen LogP contribution in [0.2, 0.25) is 5.02 Å². The number of carbonyl (C=O) groups is 4. The highest BCUT2D eigenvalue weighted by Crippen LogP contribution is 2.38. The Balaban J connectivity index is 1.55. The Morgan fingerprint density at radius 2 is 1.86 bits per heavy atom. The molecule has 1 aromatic rings. The van der Waals surface area contributed by atoms with E-state index < -0.39 is 30.3 Å². The fourth-order valence-electron chi connectivity index (χ4n) is 3.70. The fraction of sp³-hybridized carbons (Fsp3) is 0.474. The first-order chi connectivity index (χ1) is 13.3. The first kappa shape index (κ1) is 20.3. The molecule has 0 bridgehead atoms. The largest absolute Gasteiger partial charge is 0.454 e. The van der Waals surface area contributed by atoms with Crippen molar-refractivity contribution in [3.63, 3.8) is 0 Å². The molecule has 1 heterocycles. The quantitative estimate of drug-likeness (QED) is 0.594. The van der Waals surface area contributed by atoms with E-state index in [-0.39, 0.29) is 34.4 Å². The Kier molecular flexibility index (Phi) is 5.98. The van der Waals surface area contributed by atoms with Gasteiger partial charge < -0.3 is 10.1 Å². The summed E-state index contributed by atoms with van der Waals surface area (Å²) < 4.78 is 18.1. The summed E-state index contributed by atoms with van der Waals surface area (Å²) in [7, 11) is 0. The second-order valence-electron chi connectivity index (χ2n) is 7.00. The van der Waals surface area contributed by atoms with E-state index in [0.717, 1.165) is 23.8 Å². The molecule has 1 aromatic carbocycles. The summed E-state index contributed by atoms with van der Waals surface area (Å²) in [6.45, 7) is 0.800. The van der Waals surface area contributed by atoms with Crippen LogP contribution >= 0.6 is 11.6 Å². The second-order valence-corrected chi connectivity index (χ2v) is 7.41. The molecule has 3 atom stereocenters. The zero-order chi connectivity index (χ0) is 20.4. The van der Waals surface area contributed by atoms with Gasteiger partial charge in [-0.1, -0.05) is 24.4 Å². The number of rotatable bonds is 5. The summed E-state index contributed by atoms with van der Waals surface area (Å²) in [6.07, 6.45) is 3.08. The van der Waals surface area contributed by atoms with Gasteiger partial charge >= 0.3 is 5.97 Å². The molecule has 28 heavy (non-hydrogen) atoms. The van der Waals surface area contributed by atoms with Crippen LogP contribution in [0.5, 0.6) is 0 Å². The van der Waals surface area contributed by atoms with Crippen molar-refractivity contribution < 1.29 is 28.3 Å². The van der Waals surface area contributed by atoms with Crippen molar-refractivity contribution in [3.8, 4) is 0 Å². The van der Waals surface area contributed by atoms with Gasteiger partial charge in [0.1, 0.15) is 11.9 Å². The molecular formula is C19H20ClFN2O5. The lowest BCUT2D eigenvalue weighted by Gasteiger charge is -2.21. The Hall–Kier alpha value is -2.48. The van der Waals surface area contributed by atoms with Gasteiger partial charge in [0.2, 0.25) is 11.8 Å². The van der Waals surface area contributed by atoms with E-state index >= 15 is 0 Å². The Bertz CT molecular complexity index is 807. The lowest BCUT2D eigenvalue weighted by molar-refractivity contribution is -0.159. The van der Waals surface area contributed by atoms with Crippen molar-refractivity contribution in [1.82, 2.24) is 4.90 Å². The second kappa shape index (κ2) is 8.26. The van der Waals surface area contributed by atoms with Crippen LogP contribution in [0.1, 0.15) is 32.6 Å². The molecule has 7 nitrogen and oxygen atoms in total. The highest BCUT2D eigenvalue weighted by molar-refractivity contribution is 6.31. The van der Waals surface area contributed by atoms with Gasteiger partial charge in [0.25, 0.3) is 5.91 Å². The number of anilines is 1. The molecule has 0 unspecified atom stereocenters. The maximum absolute atomic E-state index is 13.1. The first-order valence-corrected chi connectivity index (χ1v) is 9.46. The minimum Gasteiger partial charge on any atom is -0.454 e. The molecule has 0 aromatic heterocycles. The molecule has 1 saturated carbocycles. The van der Waals surface area contributed by atoms with Gasteiger partial charge in [-0.3, -0.25) is 19.3 Å². The van der Waals surface area contributed by atoms with Crippen LogP contribution in [0.15, 0.2) is 18.2 Å². The third-order valence-corrected chi connectivity index (χ3v) is 5.44. The number of carbonyl (C=O) groups excluding carboxylic acids is 4. The Labute approximate surface area is 166 Å². The topological polar surface area (TPSA) is 92.8 Å². The van der Waals surface area contributed by atoms with Crippen molar-refractivity contribution in [2.45, 2.75) is 38.6 Å². The van der Waals surface area contributed by atoms with E-state index in [0.29, 0.717) is 12.8 Å². The van der Waals surface area contributed by atoms with Crippen molar-refractivity contribution in [2.75, 3.05) is 11.9 Å². The van der Waals surface area contributed by atoms with E-state index in [2.05, 4.69) is 5.32 Å². The zero-order valence-electron chi connectivity index (χ0n) is 15.2. The molecule has 0 spiro atoms. The van der Waals surface area contributed by atoms with Gasteiger partial charge in [-0.15, -0.1) is 0 Å².